The number of hydrogen-bond acceptors (Lipinski definition) is 3. The van der Waals surface area contributed by atoms with E-state index in [4.69, 9.17) is 9.84 Å². The van der Waals surface area contributed by atoms with Crippen molar-refractivity contribution in [1.82, 2.24) is 5.32 Å². The Balaban J connectivity index is 2.00. The van der Waals surface area contributed by atoms with Crippen LogP contribution in [0.25, 0.3) is 0 Å². The third-order valence-electron chi connectivity index (χ3n) is 3.21. The van der Waals surface area contributed by atoms with Crippen molar-refractivity contribution in [2.45, 2.75) is 18.6 Å². The average Bonchev–Trinajstić information content (AvgIpc) is 2.47. The number of methoxy groups -OCH3 is 1. The summed E-state index contributed by atoms with van der Waals surface area (Å²) < 4.78 is 32.5. The van der Waals surface area contributed by atoms with Gasteiger partial charge in [0.15, 0.2) is 0 Å². The van der Waals surface area contributed by atoms with Gasteiger partial charge in [0.2, 0.25) is 5.67 Å². The summed E-state index contributed by atoms with van der Waals surface area (Å²) in [6, 6.07) is 7.17. The summed E-state index contributed by atoms with van der Waals surface area (Å²) in [5, 5.41) is 11.5. The van der Waals surface area contributed by atoms with Crippen molar-refractivity contribution in [3.8, 4) is 5.75 Å². The zero-order chi connectivity index (χ0) is 15.5. The Bertz CT molecular complexity index is 595. The highest BCUT2D eigenvalue weighted by Crippen LogP contribution is 2.29. The second-order valence-electron chi connectivity index (χ2n) is 4.68. The summed E-state index contributed by atoms with van der Waals surface area (Å²) in [7, 11) is 1.56. The SMILES string of the molecule is COc1ccc(CNC2=CCC(F)(C(=O)O)C=C2F)cc1. The molecule has 112 valence electrons. The third-order valence-corrected chi connectivity index (χ3v) is 3.21. The molecule has 2 rings (SSSR count). The highest BCUT2D eigenvalue weighted by molar-refractivity contribution is 5.81. The van der Waals surface area contributed by atoms with Crippen molar-refractivity contribution in [1.29, 1.82) is 0 Å². The molecule has 0 aromatic heterocycles. The second-order valence-corrected chi connectivity index (χ2v) is 4.68. The number of alkyl halides is 1. The van der Waals surface area contributed by atoms with E-state index in [1.54, 1.807) is 19.2 Å². The first-order chi connectivity index (χ1) is 9.94. The Morgan fingerprint density at radius 2 is 2.10 bits per heavy atom. The van der Waals surface area contributed by atoms with Gasteiger partial charge in [-0.15, -0.1) is 0 Å². The zero-order valence-electron chi connectivity index (χ0n) is 11.4. The van der Waals surface area contributed by atoms with E-state index in [1.807, 2.05) is 12.1 Å². The van der Waals surface area contributed by atoms with Crippen LogP contribution in [0.2, 0.25) is 0 Å². The summed E-state index contributed by atoms with van der Waals surface area (Å²) in [6.07, 6.45) is 1.30. The van der Waals surface area contributed by atoms with Crippen LogP contribution in [-0.4, -0.2) is 23.9 Å². The number of allylic oxidation sites excluding steroid dienone is 2. The fraction of sp³-hybridized carbons (Fsp3) is 0.267. The third kappa shape index (κ3) is 3.39. The lowest BCUT2D eigenvalue weighted by molar-refractivity contribution is -0.147. The fourth-order valence-electron chi connectivity index (χ4n) is 1.93. The molecule has 1 aromatic carbocycles. The molecule has 21 heavy (non-hydrogen) atoms. The van der Waals surface area contributed by atoms with Crippen molar-refractivity contribution in [2.75, 3.05) is 7.11 Å². The molecule has 6 heteroatoms. The predicted molar refractivity (Wildman–Crippen MR) is 73.2 cm³/mol. The van der Waals surface area contributed by atoms with Crippen molar-refractivity contribution >= 4 is 5.97 Å². The lowest BCUT2D eigenvalue weighted by Crippen LogP contribution is -2.34. The van der Waals surface area contributed by atoms with Crippen LogP contribution >= 0.6 is 0 Å². The molecule has 0 spiro atoms. The fourth-order valence-corrected chi connectivity index (χ4v) is 1.93. The van der Waals surface area contributed by atoms with Crippen LogP contribution < -0.4 is 10.1 Å². The van der Waals surface area contributed by atoms with Crippen LogP contribution in [0.3, 0.4) is 0 Å². The van der Waals surface area contributed by atoms with Crippen LogP contribution in [0.1, 0.15) is 12.0 Å². The normalized spacial score (nSPS) is 21.3. The summed E-state index contributed by atoms with van der Waals surface area (Å²) in [5.41, 5.74) is -1.68. The molecule has 4 nitrogen and oxygen atoms in total. The van der Waals surface area contributed by atoms with Crippen molar-refractivity contribution in [2.24, 2.45) is 0 Å². The molecule has 1 atom stereocenters. The van der Waals surface area contributed by atoms with Gasteiger partial charge >= 0.3 is 5.97 Å². The van der Waals surface area contributed by atoms with E-state index in [0.29, 0.717) is 18.4 Å². The van der Waals surface area contributed by atoms with E-state index in [1.165, 1.54) is 6.08 Å². The molecule has 2 N–H and O–H groups in total. The van der Waals surface area contributed by atoms with E-state index in [9.17, 15) is 13.6 Å². The monoisotopic (exact) mass is 295 g/mol. The summed E-state index contributed by atoms with van der Waals surface area (Å²) in [5.74, 6) is -1.88. The van der Waals surface area contributed by atoms with Crippen LogP contribution in [0.15, 0.2) is 47.9 Å². The summed E-state index contributed by atoms with van der Waals surface area (Å²) in [6.45, 7) is 0.337. The first-order valence-electron chi connectivity index (χ1n) is 6.32. The van der Waals surface area contributed by atoms with E-state index in [0.717, 1.165) is 5.56 Å². The Morgan fingerprint density at radius 1 is 1.43 bits per heavy atom. The lowest BCUT2D eigenvalue weighted by atomic mass is 9.95. The zero-order valence-corrected chi connectivity index (χ0v) is 11.4. The molecule has 0 fully saturated rings. The highest BCUT2D eigenvalue weighted by Gasteiger charge is 2.39. The molecular weight excluding hydrogens is 280 g/mol. The van der Waals surface area contributed by atoms with Crippen molar-refractivity contribution in [3.63, 3.8) is 0 Å². The number of ether oxygens (including phenoxy) is 1. The van der Waals surface area contributed by atoms with E-state index >= 15 is 0 Å². The second kappa shape index (κ2) is 5.95. The quantitative estimate of drug-likeness (QED) is 0.877. The molecule has 0 aliphatic heterocycles. The molecule has 0 heterocycles. The maximum atomic E-state index is 13.8. The van der Waals surface area contributed by atoms with E-state index < -0.39 is 23.9 Å². The molecule has 1 aliphatic carbocycles. The number of rotatable bonds is 5. The molecule has 1 unspecified atom stereocenters. The van der Waals surface area contributed by atoms with Crippen molar-refractivity contribution in [3.05, 3.63) is 53.5 Å². The Kier molecular flexibility index (Phi) is 4.26. The van der Waals surface area contributed by atoms with Gasteiger partial charge in [-0.2, -0.15) is 0 Å². The summed E-state index contributed by atoms with van der Waals surface area (Å²) >= 11 is 0. The number of carboxylic acids is 1. The van der Waals surface area contributed by atoms with Gasteiger partial charge in [0.1, 0.15) is 11.6 Å². The Hall–Kier alpha value is -2.37. The number of hydrogen-bond donors (Lipinski definition) is 2. The van der Waals surface area contributed by atoms with E-state index in [-0.39, 0.29) is 5.70 Å². The number of nitrogens with one attached hydrogen (secondary N) is 1. The number of carbonyl (C=O) groups is 1. The van der Waals surface area contributed by atoms with Gasteiger partial charge in [-0.05, 0) is 17.7 Å². The minimum Gasteiger partial charge on any atom is -0.497 e. The molecule has 0 radical (unpaired) electrons. The maximum absolute atomic E-state index is 13.8. The number of carboxylic acid groups (broad SMARTS) is 1. The lowest BCUT2D eigenvalue weighted by Gasteiger charge is -2.21. The Labute approximate surface area is 120 Å². The molecule has 1 aromatic rings. The van der Waals surface area contributed by atoms with Gasteiger partial charge < -0.3 is 15.2 Å². The minimum absolute atomic E-state index is 0.0975. The van der Waals surface area contributed by atoms with Gasteiger partial charge in [-0.3, -0.25) is 0 Å². The maximum Gasteiger partial charge on any atom is 0.346 e. The highest BCUT2D eigenvalue weighted by atomic mass is 19.1. The molecule has 1 aliphatic rings. The number of aliphatic carboxylic acids is 1. The summed E-state index contributed by atoms with van der Waals surface area (Å²) in [4.78, 5) is 10.7. The molecule has 0 bridgehead atoms. The van der Waals surface area contributed by atoms with Gasteiger partial charge in [-0.1, -0.05) is 18.2 Å². The minimum atomic E-state index is -2.67. The smallest absolute Gasteiger partial charge is 0.346 e. The van der Waals surface area contributed by atoms with E-state index in [2.05, 4.69) is 5.32 Å². The molecule has 0 saturated heterocycles. The molecular formula is C15H15F2NO3. The number of halogens is 2. The van der Waals surface area contributed by atoms with Crippen molar-refractivity contribution < 1.29 is 23.4 Å². The van der Waals surface area contributed by atoms with Gasteiger partial charge in [0, 0.05) is 19.0 Å². The van der Waals surface area contributed by atoms with Crippen LogP contribution in [0.4, 0.5) is 8.78 Å². The number of benzene rings is 1. The van der Waals surface area contributed by atoms with Gasteiger partial charge in [0.05, 0.1) is 12.8 Å². The first-order valence-corrected chi connectivity index (χ1v) is 6.32. The van der Waals surface area contributed by atoms with Crippen LogP contribution in [-0.2, 0) is 11.3 Å². The molecule has 0 saturated carbocycles. The van der Waals surface area contributed by atoms with Crippen LogP contribution in [0, 0.1) is 0 Å². The Morgan fingerprint density at radius 3 is 2.62 bits per heavy atom. The molecule has 0 amide bonds. The first kappa shape index (κ1) is 15.0. The van der Waals surface area contributed by atoms with Gasteiger partial charge in [0.25, 0.3) is 0 Å². The average molecular weight is 295 g/mol. The van der Waals surface area contributed by atoms with Crippen LogP contribution in [0.5, 0.6) is 5.75 Å². The van der Waals surface area contributed by atoms with Gasteiger partial charge in [-0.25, -0.2) is 13.6 Å². The standard InChI is InChI=1S/C15H15F2NO3/c1-21-11-4-2-10(3-5-11)9-18-13-6-7-15(17,14(19)20)8-12(13)16/h2-6,8,18H,7,9H2,1H3,(H,19,20). The largest absolute Gasteiger partial charge is 0.497 e. The topological polar surface area (TPSA) is 58.6 Å². The predicted octanol–water partition coefficient (Wildman–Crippen LogP) is 2.72.